The van der Waals surface area contributed by atoms with E-state index in [1.807, 2.05) is 0 Å². The molecule has 0 saturated carbocycles. The molecule has 0 saturated heterocycles. The van der Waals surface area contributed by atoms with Gasteiger partial charge in [-0.1, -0.05) is 0 Å². The first-order valence-electron chi connectivity index (χ1n) is 6.15. The van der Waals surface area contributed by atoms with Gasteiger partial charge >= 0.3 is 0 Å². The molecule has 1 unspecified atom stereocenters. The van der Waals surface area contributed by atoms with Gasteiger partial charge in [0.05, 0.1) is 29.7 Å². The van der Waals surface area contributed by atoms with E-state index in [0.717, 1.165) is 0 Å². The van der Waals surface area contributed by atoms with Crippen LogP contribution in [0.2, 0.25) is 0 Å². The van der Waals surface area contributed by atoms with Gasteiger partial charge in [0.1, 0.15) is 11.6 Å². The number of H-pyrrole nitrogens is 1. The number of aromatic nitrogens is 2. The predicted octanol–water partition coefficient (Wildman–Crippen LogP) is 1.82. The summed E-state index contributed by atoms with van der Waals surface area (Å²) in [7, 11) is 1.35. The second-order valence-electron chi connectivity index (χ2n) is 4.31. The van der Waals surface area contributed by atoms with Crippen molar-refractivity contribution in [3.05, 3.63) is 52.1 Å². The number of nitrogens with one attached hydrogen (secondary N) is 2. The highest BCUT2D eigenvalue weighted by atomic mass is 16.6. The van der Waals surface area contributed by atoms with E-state index in [9.17, 15) is 14.9 Å². The Morgan fingerprint density at radius 3 is 2.86 bits per heavy atom. The van der Waals surface area contributed by atoms with Crippen LogP contribution in [0.1, 0.15) is 29.1 Å². The summed E-state index contributed by atoms with van der Waals surface area (Å²) in [5.74, 6) is 0.364. The lowest BCUT2D eigenvalue weighted by Gasteiger charge is -2.13. The molecule has 8 nitrogen and oxygen atoms in total. The molecule has 1 aromatic carbocycles. The van der Waals surface area contributed by atoms with Crippen LogP contribution in [-0.4, -0.2) is 27.9 Å². The molecule has 1 aromatic heterocycles. The number of aromatic amines is 1. The summed E-state index contributed by atoms with van der Waals surface area (Å²) >= 11 is 0. The second-order valence-corrected chi connectivity index (χ2v) is 4.31. The van der Waals surface area contributed by atoms with Crippen LogP contribution < -0.4 is 10.1 Å². The first kappa shape index (κ1) is 14.5. The Labute approximate surface area is 120 Å². The minimum atomic E-state index is -0.546. The molecule has 1 amide bonds. The maximum Gasteiger partial charge on any atom is 0.273 e. The lowest BCUT2D eigenvalue weighted by atomic mass is 10.1. The van der Waals surface area contributed by atoms with Gasteiger partial charge in [0.15, 0.2) is 0 Å². The third-order valence-corrected chi connectivity index (χ3v) is 2.92. The third kappa shape index (κ3) is 3.16. The fraction of sp³-hybridized carbons (Fsp3) is 0.231. The number of carbonyl (C=O) groups excluding carboxylic acids is 1. The summed E-state index contributed by atoms with van der Waals surface area (Å²) in [6.45, 7) is 1.77. The minimum absolute atomic E-state index is 0.137. The van der Waals surface area contributed by atoms with Gasteiger partial charge in [0.25, 0.3) is 11.6 Å². The van der Waals surface area contributed by atoms with Crippen molar-refractivity contribution in [2.24, 2.45) is 0 Å². The number of ether oxygens (including phenoxy) is 1. The Morgan fingerprint density at radius 2 is 2.29 bits per heavy atom. The molecular formula is C13H14N4O4. The molecule has 1 atom stereocenters. The van der Waals surface area contributed by atoms with Crippen LogP contribution in [0.4, 0.5) is 5.69 Å². The molecule has 0 aliphatic heterocycles. The quantitative estimate of drug-likeness (QED) is 0.644. The van der Waals surface area contributed by atoms with E-state index < -0.39 is 10.8 Å². The SMILES string of the molecule is COc1cc([N+](=O)[O-])ccc1C(=O)NC(C)c1ncc[nH]1. The maximum absolute atomic E-state index is 12.2. The molecule has 2 N–H and O–H groups in total. The van der Waals surface area contributed by atoms with Crippen molar-refractivity contribution in [1.29, 1.82) is 0 Å². The molecule has 0 aliphatic carbocycles. The minimum Gasteiger partial charge on any atom is -0.496 e. The Bertz CT molecular complexity index is 654. The summed E-state index contributed by atoms with van der Waals surface area (Å²) in [4.78, 5) is 29.3. The van der Waals surface area contributed by atoms with Crippen LogP contribution in [0.25, 0.3) is 0 Å². The second kappa shape index (κ2) is 6.04. The summed E-state index contributed by atoms with van der Waals surface area (Å²) in [5.41, 5.74) is 0.0870. The van der Waals surface area contributed by atoms with E-state index in [1.165, 1.54) is 25.3 Å². The van der Waals surface area contributed by atoms with E-state index in [-0.39, 0.29) is 23.0 Å². The van der Waals surface area contributed by atoms with E-state index >= 15 is 0 Å². The lowest BCUT2D eigenvalue weighted by molar-refractivity contribution is -0.384. The summed E-state index contributed by atoms with van der Waals surface area (Å²) < 4.78 is 5.04. The number of nitro groups is 1. The average Bonchev–Trinajstić information content (AvgIpc) is 3.00. The number of methoxy groups -OCH3 is 1. The fourth-order valence-corrected chi connectivity index (χ4v) is 1.84. The smallest absolute Gasteiger partial charge is 0.273 e. The van der Waals surface area contributed by atoms with Crippen molar-refractivity contribution in [3.8, 4) is 5.75 Å². The third-order valence-electron chi connectivity index (χ3n) is 2.92. The Morgan fingerprint density at radius 1 is 1.52 bits per heavy atom. The number of hydrogen-bond acceptors (Lipinski definition) is 5. The number of amides is 1. The standard InChI is InChI=1S/C13H14N4O4/c1-8(12-14-5-6-15-12)16-13(18)10-4-3-9(17(19)20)7-11(10)21-2/h3-8H,1-2H3,(H,14,15)(H,16,18). The van der Waals surface area contributed by atoms with Crippen LogP contribution in [-0.2, 0) is 0 Å². The van der Waals surface area contributed by atoms with Crippen molar-refractivity contribution in [3.63, 3.8) is 0 Å². The maximum atomic E-state index is 12.2. The molecule has 0 radical (unpaired) electrons. The Balaban J connectivity index is 2.21. The van der Waals surface area contributed by atoms with Gasteiger partial charge in [-0.15, -0.1) is 0 Å². The van der Waals surface area contributed by atoms with Crippen molar-refractivity contribution in [1.82, 2.24) is 15.3 Å². The summed E-state index contributed by atoms with van der Waals surface area (Å²) in [6.07, 6.45) is 3.24. The molecule has 8 heteroatoms. The normalized spacial score (nSPS) is 11.7. The Hall–Kier alpha value is -2.90. The van der Waals surface area contributed by atoms with Crippen molar-refractivity contribution < 1.29 is 14.5 Å². The first-order valence-corrected chi connectivity index (χ1v) is 6.15. The van der Waals surface area contributed by atoms with Gasteiger partial charge in [-0.25, -0.2) is 4.98 Å². The topological polar surface area (TPSA) is 110 Å². The molecule has 21 heavy (non-hydrogen) atoms. The predicted molar refractivity (Wildman–Crippen MR) is 74.1 cm³/mol. The van der Waals surface area contributed by atoms with Crippen molar-refractivity contribution >= 4 is 11.6 Å². The molecule has 2 aromatic rings. The zero-order chi connectivity index (χ0) is 15.4. The molecule has 2 rings (SSSR count). The van der Waals surface area contributed by atoms with E-state index in [1.54, 1.807) is 19.3 Å². The van der Waals surface area contributed by atoms with Crippen LogP contribution >= 0.6 is 0 Å². The number of nitro benzene ring substituents is 1. The molecule has 110 valence electrons. The van der Waals surface area contributed by atoms with Gasteiger partial charge in [-0.2, -0.15) is 0 Å². The van der Waals surface area contributed by atoms with E-state index in [0.29, 0.717) is 5.82 Å². The summed E-state index contributed by atoms with van der Waals surface area (Å²) in [6, 6.07) is 3.51. The highest BCUT2D eigenvalue weighted by Gasteiger charge is 2.19. The van der Waals surface area contributed by atoms with Crippen molar-refractivity contribution in [2.75, 3.05) is 7.11 Å². The van der Waals surface area contributed by atoms with Crippen LogP contribution in [0, 0.1) is 10.1 Å². The van der Waals surface area contributed by atoms with Gasteiger partial charge in [-0.05, 0) is 13.0 Å². The van der Waals surface area contributed by atoms with Gasteiger partial charge in [-0.3, -0.25) is 14.9 Å². The average molecular weight is 290 g/mol. The number of benzene rings is 1. The highest BCUT2D eigenvalue weighted by molar-refractivity contribution is 5.97. The number of hydrogen-bond donors (Lipinski definition) is 2. The van der Waals surface area contributed by atoms with Crippen LogP contribution in [0.3, 0.4) is 0 Å². The monoisotopic (exact) mass is 290 g/mol. The fourth-order valence-electron chi connectivity index (χ4n) is 1.84. The largest absolute Gasteiger partial charge is 0.496 e. The summed E-state index contributed by atoms with van der Waals surface area (Å²) in [5, 5.41) is 13.5. The Kier molecular flexibility index (Phi) is 4.17. The molecule has 0 fully saturated rings. The van der Waals surface area contributed by atoms with Crippen LogP contribution in [0.5, 0.6) is 5.75 Å². The van der Waals surface area contributed by atoms with E-state index in [4.69, 9.17) is 4.74 Å². The van der Waals surface area contributed by atoms with Crippen molar-refractivity contribution in [2.45, 2.75) is 13.0 Å². The number of nitrogens with zero attached hydrogens (tertiary/aromatic N) is 2. The number of non-ortho nitro benzene ring substituents is 1. The van der Waals surface area contributed by atoms with Gasteiger partial charge in [0.2, 0.25) is 0 Å². The number of carbonyl (C=O) groups is 1. The first-order chi connectivity index (χ1) is 10.0. The molecule has 1 heterocycles. The molecule has 0 bridgehead atoms. The van der Waals surface area contributed by atoms with Crippen LogP contribution in [0.15, 0.2) is 30.6 Å². The number of imidazole rings is 1. The molecule has 0 spiro atoms. The zero-order valence-electron chi connectivity index (χ0n) is 11.5. The zero-order valence-corrected chi connectivity index (χ0v) is 11.5. The lowest BCUT2D eigenvalue weighted by Crippen LogP contribution is -2.27. The van der Waals surface area contributed by atoms with Gasteiger partial charge < -0.3 is 15.0 Å². The van der Waals surface area contributed by atoms with Gasteiger partial charge in [0, 0.05) is 18.5 Å². The molecular weight excluding hydrogens is 276 g/mol. The molecule has 0 aliphatic rings. The van der Waals surface area contributed by atoms with E-state index in [2.05, 4.69) is 15.3 Å². The number of rotatable bonds is 5. The highest BCUT2D eigenvalue weighted by Crippen LogP contribution is 2.25.